The Kier molecular flexibility index (Phi) is 3.87. The first-order chi connectivity index (χ1) is 10.7. The average Bonchev–Trinajstić information content (AvgIpc) is 2.92. The van der Waals surface area contributed by atoms with Crippen LogP contribution in [0.2, 0.25) is 0 Å². The molecule has 3 aromatic heterocycles. The Morgan fingerprint density at radius 1 is 1.32 bits per heavy atom. The molecule has 0 radical (unpaired) electrons. The standard InChI is InChI=1S/C17H18N4O/c1-4-7-21-8-6-13-16(19-11-20-17(13)21)14-10-18-15(22-5-2)9-12(14)3/h4,6,8-11H,1,5,7H2,2-3H3. The van der Waals surface area contributed by atoms with Crippen molar-refractivity contribution in [3.63, 3.8) is 0 Å². The summed E-state index contributed by atoms with van der Waals surface area (Å²) in [7, 11) is 0. The summed E-state index contributed by atoms with van der Waals surface area (Å²) in [4.78, 5) is 13.2. The summed E-state index contributed by atoms with van der Waals surface area (Å²) >= 11 is 0. The third kappa shape index (κ3) is 2.45. The van der Waals surface area contributed by atoms with E-state index in [1.54, 1.807) is 6.33 Å². The van der Waals surface area contributed by atoms with Crippen LogP contribution in [-0.4, -0.2) is 26.1 Å². The maximum atomic E-state index is 5.44. The Morgan fingerprint density at radius 2 is 2.18 bits per heavy atom. The third-order valence-corrected chi connectivity index (χ3v) is 3.51. The number of ether oxygens (including phenoxy) is 1. The van der Waals surface area contributed by atoms with Crippen molar-refractivity contribution in [1.29, 1.82) is 0 Å². The van der Waals surface area contributed by atoms with Gasteiger partial charge in [-0.2, -0.15) is 0 Å². The van der Waals surface area contributed by atoms with Crippen molar-refractivity contribution >= 4 is 11.0 Å². The van der Waals surface area contributed by atoms with E-state index in [1.165, 1.54) is 0 Å². The molecule has 0 saturated heterocycles. The molecule has 0 aliphatic carbocycles. The van der Waals surface area contributed by atoms with Crippen LogP contribution < -0.4 is 4.74 Å². The van der Waals surface area contributed by atoms with Gasteiger partial charge in [-0.25, -0.2) is 15.0 Å². The highest BCUT2D eigenvalue weighted by molar-refractivity contribution is 5.91. The molecule has 3 aromatic rings. The fraction of sp³-hybridized carbons (Fsp3) is 0.235. The smallest absolute Gasteiger partial charge is 0.213 e. The molecule has 5 nitrogen and oxygen atoms in total. The van der Waals surface area contributed by atoms with Crippen molar-refractivity contribution in [3.05, 3.63) is 49.1 Å². The minimum absolute atomic E-state index is 0.605. The molecule has 0 N–H and O–H groups in total. The number of fused-ring (bicyclic) bond motifs is 1. The van der Waals surface area contributed by atoms with E-state index < -0.39 is 0 Å². The number of hydrogen-bond donors (Lipinski definition) is 0. The van der Waals surface area contributed by atoms with Gasteiger partial charge in [-0.3, -0.25) is 0 Å². The molecule has 3 rings (SSSR count). The van der Waals surface area contributed by atoms with Gasteiger partial charge in [0.25, 0.3) is 0 Å². The Morgan fingerprint density at radius 3 is 2.91 bits per heavy atom. The molecule has 0 aromatic carbocycles. The monoisotopic (exact) mass is 294 g/mol. The van der Waals surface area contributed by atoms with Gasteiger partial charge in [0.05, 0.1) is 12.3 Å². The van der Waals surface area contributed by atoms with Crippen molar-refractivity contribution in [2.75, 3.05) is 6.61 Å². The summed E-state index contributed by atoms with van der Waals surface area (Å²) in [5.74, 6) is 0.637. The minimum atomic E-state index is 0.605. The zero-order valence-electron chi connectivity index (χ0n) is 12.8. The Labute approximate surface area is 129 Å². The number of rotatable bonds is 5. The summed E-state index contributed by atoms with van der Waals surface area (Å²) in [6.07, 6.45) is 7.26. The zero-order valence-corrected chi connectivity index (χ0v) is 12.8. The summed E-state index contributed by atoms with van der Waals surface area (Å²) in [6, 6.07) is 3.97. The Balaban J connectivity index is 2.12. The second-order valence-electron chi connectivity index (χ2n) is 4.99. The molecule has 0 atom stereocenters. The van der Waals surface area contributed by atoms with Crippen molar-refractivity contribution in [2.24, 2.45) is 0 Å². The van der Waals surface area contributed by atoms with Gasteiger partial charge >= 0.3 is 0 Å². The highest BCUT2D eigenvalue weighted by Gasteiger charge is 2.12. The number of hydrogen-bond acceptors (Lipinski definition) is 4. The van der Waals surface area contributed by atoms with Crippen LogP contribution in [-0.2, 0) is 6.54 Å². The van der Waals surface area contributed by atoms with E-state index in [1.807, 2.05) is 49.0 Å². The van der Waals surface area contributed by atoms with E-state index in [9.17, 15) is 0 Å². The highest BCUT2D eigenvalue weighted by atomic mass is 16.5. The minimum Gasteiger partial charge on any atom is -0.478 e. The quantitative estimate of drug-likeness (QED) is 0.677. The first-order valence-electron chi connectivity index (χ1n) is 7.25. The Bertz CT molecular complexity index is 823. The SMILES string of the molecule is C=CCn1ccc2c(-c3cnc(OCC)cc3C)ncnc21. The van der Waals surface area contributed by atoms with Crippen molar-refractivity contribution in [1.82, 2.24) is 19.5 Å². The molecule has 0 amide bonds. The second-order valence-corrected chi connectivity index (χ2v) is 4.99. The lowest BCUT2D eigenvalue weighted by atomic mass is 10.1. The molecule has 0 unspecified atom stereocenters. The highest BCUT2D eigenvalue weighted by Crippen LogP contribution is 2.29. The molecule has 0 spiro atoms. The van der Waals surface area contributed by atoms with Crippen LogP contribution in [0.25, 0.3) is 22.3 Å². The molecular weight excluding hydrogens is 276 g/mol. The van der Waals surface area contributed by atoms with Crippen molar-refractivity contribution < 1.29 is 4.74 Å². The first kappa shape index (κ1) is 14.3. The van der Waals surface area contributed by atoms with Gasteiger partial charge in [0.15, 0.2) is 0 Å². The number of aromatic nitrogens is 4. The lowest BCUT2D eigenvalue weighted by Crippen LogP contribution is -1.98. The molecule has 112 valence electrons. The lowest BCUT2D eigenvalue weighted by Gasteiger charge is -2.09. The molecule has 0 aliphatic rings. The number of nitrogens with zero attached hydrogens (tertiary/aromatic N) is 4. The summed E-state index contributed by atoms with van der Waals surface area (Å²) < 4.78 is 7.49. The summed E-state index contributed by atoms with van der Waals surface area (Å²) in [5.41, 5.74) is 3.86. The third-order valence-electron chi connectivity index (χ3n) is 3.51. The molecule has 0 saturated carbocycles. The largest absolute Gasteiger partial charge is 0.478 e. The van der Waals surface area contributed by atoms with Gasteiger partial charge in [0.1, 0.15) is 12.0 Å². The van der Waals surface area contributed by atoms with Crippen LogP contribution in [0.4, 0.5) is 0 Å². The van der Waals surface area contributed by atoms with Crippen LogP contribution in [0.3, 0.4) is 0 Å². The molecule has 0 aliphatic heterocycles. The van der Waals surface area contributed by atoms with Crippen LogP contribution in [0.15, 0.2) is 43.5 Å². The fourth-order valence-corrected chi connectivity index (χ4v) is 2.51. The van der Waals surface area contributed by atoms with E-state index in [2.05, 4.69) is 21.5 Å². The van der Waals surface area contributed by atoms with Gasteiger partial charge in [0.2, 0.25) is 5.88 Å². The van der Waals surface area contributed by atoms with E-state index in [4.69, 9.17) is 4.74 Å². The van der Waals surface area contributed by atoms with Crippen molar-refractivity contribution in [2.45, 2.75) is 20.4 Å². The number of pyridine rings is 1. The second kappa shape index (κ2) is 5.97. The first-order valence-corrected chi connectivity index (χ1v) is 7.25. The number of aryl methyl sites for hydroxylation is 1. The normalized spacial score (nSPS) is 10.8. The lowest BCUT2D eigenvalue weighted by molar-refractivity contribution is 0.326. The van der Waals surface area contributed by atoms with Gasteiger partial charge in [-0.1, -0.05) is 6.08 Å². The van der Waals surface area contributed by atoms with Crippen molar-refractivity contribution in [3.8, 4) is 17.1 Å². The van der Waals surface area contributed by atoms with Crippen LogP contribution in [0.1, 0.15) is 12.5 Å². The number of allylic oxidation sites excluding steroid dienone is 1. The molecule has 0 fully saturated rings. The zero-order chi connectivity index (χ0) is 15.5. The van der Waals surface area contributed by atoms with E-state index >= 15 is 0 Å². The van der Waals surface area contributed by atoms with E-state index in [0.717, 1.165) is 34.4 Å². The van der Waals surface area contributed by atoms with E-state index in [-0.39, 0.29) is 0 Å². The molecule has 0 bridgehead atoms. The molecular formula is C17H18N4O. The van der Waals surface area contributed by atoms with Crippen LogP contribution in [0, 0.1) is 6.92 Å². The molecule has 22 heavy (non-hydrogen) atoms. The topological polar surface area (TPSA) is 52.8 Å². The van der Waals surface area contributed by atoms with Gasteiger partial charge in [-0.15, -0.1) is 6.58 Å². The molecule has 3 heterocycles. The Hall–Kier alpha value is -2.69. The van der Waals surface area contributed by atoms with Gasteiger partial charge in [-0.05, 0) is 25.5 Å². The predicted octanol–water partition coefficient (Wildman–Crippen LogP) is 3.39. The van der Waals surface area contributed by atoms with Crippen LogP contribution in [0.5, 0.6) is 5.88 Å². The maximum absolute atomic E-state index is 5.44. The van der Waals surface area contributed by atoms with Gasteiger partial charge < -0.3 is 9.30 Å². The fourth-order valence-electron chi connectivity index (χ4n) is 2.51. The summed E-state index contributed by atoms with van der Waals surface area (Å²) in [6.45, 7) is 9.09. The maximum Gasteiger partial charge on any atom is 0.213 e. The van der Waals surface area contributed by atoms with Crippen LogP contribution >= 0.6 is 0 Å². The average molecular weight is 294 g/mol. The summed E-state index contributed by atoms with van der Waals surface area (Å²) in [5, 5.41) is 1.01. The predicted molar refractivity (Wildman–Crippen MR) is 86.9 cm³/mol. The van der Waals surface area contributed by atoms with Gasteiger partial charge in [0, 0.05) is 36.0 Å². The molecule has 5 heteroatoms. The van der Waals surface area contributed by atoms with E-state index in [0.29, 0.717) is 12.5 Å².